The normalized spacial score (nSPS) is 16.9. The van der Waals surface area contributed by atoms with Crippen LogP contribution in [0.4, 0.5) is 9.52 Å². The first-order chi connectivity index (χ1) is 13.5. The molecule has 5 nitrogen and oxygen atoms in total. The summed E-state index contributed by atoms with van der Waals surface area (Å²) >= 11 is 7.11. The van der Waals surface area contributed by atoms with Gasteiger partial charge in [0.2, 0.25) is 5.91 Å². The lowest BCUT2D eigenvalue weighted by Gasteiger charge is -2.32. The van der Waals surface area contributed by atoms with E-state index in [0.29, 0.717) is 45.4 Å². The van der Waals surface area contributed by atoms with Crippen LogP contribution in [0.1, 0.15) is 23.2 Å². The predicted octanol–water partition coefficient (Wildman–Crippen LogP) is 4.58. The van der Waals surface area contributed by atoms with Crippen molar-refractivity contribution in [3.05, 3.63) is 58.9 Å². The van der Waals surface area contributed by atoms with Crippen LogP contribution in [0.2, 0.25) is 5.02 Å². The Labute approximate surface area is 170 Å². The van der Waals surface area contributed by atoms with Crippen LogP contribution in [-0.4, -0.2) is 34.8 Å². The van der Waals surface area contributed by atoms with Crippen molar-refractivity contribution in [2.24, 2.45) is 5.92 Å². The second-order valence-electron chi connectivity index (χ2n) is 6.72. The number of nitrogens with zero attached hydrogens (tertiary/aromatic N) is 2. The molecule has 2 amide bonds. The number of hydrogen-bond donors (Lipinski definition) is 1. The molecular formula is C20H17ClFN3O2S. The van der Waals surface area contributed by atoms with E-state index in [9.17, 15) is 14.0 Å². The summed E-state index contributed by atoms with van der Waals surface area (Å²) in [5.74, 6) is -0.927. The summed E-state index contributed by atoms with van der Waals surface area (Å²) in [6.07, 6.45) is 1.46. The lowest BCUT2D eigenvalue weighted by molar-refractivity contribution is -0.121. The van der Waals surface area contributed by atoms with Gasteiger partial charge in [0.05, 0.1) is 16.1 Å². The summed E-state index contributed by atoms with van der Waals surface area (Å²) < 4.78 is 14.0. The van der Waals surface area contributed by atoms with E-state index in [4.69, 9.17) is 11.6 Å². The molecule has 1 saturated heterocycles. The minimum absolute atomic E-state index is 0.107. The quantitative estimate of drug-likeness (QED) is 0.678. The molecule has 28 heavy (non-hydrogen) atoms. The molecule has 0 aliphatic carbocycles. The number of piperidine rings is 1. The molecule has 4 rings (SSSR count). The minimum atomic E-state index is -0.335. The summed E-state index contributed by atoms with van der Waals surface area (Å²) in [4.78, 5) is 31.4. The summed E-state index contributed by atoms with van der Waals surface area (Å²) in [7, 11) is 0. The number of benzene rings is 2. The van der Waals surface area contributed by atoms with Crippen LogP contribution in [0, 0.1) is 11.7 Å². The summed E-state index contributed by atoms with van der Waals surface area (Å²) in [6.45, 7) is 0.971. The van der Waals surface area contributed by atoms with Gasteiger partial charge in [0, 0.05) is 23.7 Å². The van der Waals surface area contributed by atoms with Crippen molar-refractivity contribution in [3.8, 4) is 0 Å². The monoisotopic (exact) mass is 417 g/mol. The number of likely N-dealkylation sites (tertiary alicyclic amines) is 1. The van der Waals surface area contributed by atoms with E-state index in [0.717, 1.165) is 6.42 Å². The molecule has 1 atom stereocenters. The number of nitrogens with one attached hydrogen (secondary N) is 1. The molecule has 1 aliphatic heterocycles. The number of anilines is 1. The first-order valence-corrected chi connectivity index (χ1v) is 10.1. The Morgan fingerprint density at radius 2 is 2.00 bits per heavy atom. The maximum Gasteiger partial charge on any atom is 0.253 e. The highest BCUT2D eigenvalue weighted by Gasteiger charge is 2.29. The Balaban J connectivity index is 1.43. The average molecular weight is 418 g/mol. The third-order valence-electron chi connectivity index (χ3n) is 4.75. The van der Waals surface area contributed by atoms with Gasteiger partial charge in [-0.1, -0.05) is 22.9 Å². The van der Waals surface area contributed by atoms with Crippen LogP contribution in [0.3, 0.4) is 0 Å². The number of thiazole rings is 1. The van der Waals surface area contributed by atoms with Gasteiger partial charge < -0.3 is 10.2 Å². The number of carbonyl (C=O) groups is 2. The highest BCUT2D eigenvalue weighted by atomic mass is 35.5. The second-order valence-corrected chi connectivity index (χ2v) is 8.18. The fourth-order valence-electron chi connectivity index (χ4n) is 3.31. The van der Waals surface area contributed by atoms with Crippen LogP contribution in [0.25, 0.3) is 10.2 Å². The Morgan fingerprint density at radius 3 is 2.79 bits per heavy atom. The topological polar surface area (TPSA) is 62.3 Å². The van der Waals surface area contributed by atoms with Gasteiger partial charge in [0.1, 0.15) is 5.82 Å². The van der Waals surface area contributed by atoms with Gasteiger partial charge in [-0.25, -0.2) is 9.37 Å². The van der Waals surface area contributed by atoms with E-state index in [1.165, 1.54) is 23.5 Å². The number of amides is 2. The van der Waals surface area contributed by atoms with Gasteiger partial charge in [-0.3, -0.25) is 9.59 Å². The lowest BCUT2D eigenvalue weighted by atomic mass is 9.96. The molecule has 0 saturated carbocycles. The molecule has 144 valence electrons. The fourth-order valence-corrected chi connectivity index (χ4v) is 4.33. The summed E-state index contributed by atoms with van der Waals surface area (Å²) in [5.41, 5.74) is 1.20. The average Bonchev–Trinajstić information content (AvgIpc) is 3.09. The van der Waals surface area contributed by atoms with Gasteiger partial charge in [-0.2, -0.15) is 0 Å². The number of halogens is 2. The predicted molar refractivity (Wildman–Crippen MR) is 108 cm³/mol. The summed E-state index contributed by atoms with van der Waals surface area (Å²) in [5, 5.41) is 3.83. The molecule has 1 aliphatic rings. The number of carbonyl (C=O) groups excluding carboxylic acids is 2. The molecule has 2 aromatic carbocycles. The van der Waals surface area contributed by atoms with E-state index in [-0.39, 0.29) is 23.5 Å². The minimum Gasteiger partial charge on any atom is -0.338 e. The number of fused-ring (bicyclic) bond motifs is 1. The number of hydrogen-bond acceptors (Lipinski definition) is 4. The van der Waals surface area contributed by atoms with Gasteiger partial charge in [-0.05, 0) is 55.3 Å². The van der Waals surface area contributed by atoms with E-state index in [1.54, 1.807) is 35.2 Å². The molecule has 0 spiro atoms. The maximum atomic E-state index is 13.3. The van der Waals surface area contributed by atoms with Crippen LogP contribution in [0.5, 0.6) is 0 Å². The molecule has 1 N–H and O–H groups in total. The van der Waals surface area contributed by atoms with Crippen molar-refractivity contribution in [1.82, 2.24) is 9.88 Å². The molecular weight excluding hydrogens is 401 g/mol. The third kappa shape index (κ3) is 4.00. The van der Waals surface area contributed by atoms with Crippen molar-refractivity contribution in [2.45, 2.75) is 12.8 Å². The number of rotatable bonds is 3. The van der Waals surface area contributed by atoms with Gasteiger partial charge in [0.15, 0.2) is 5.13 Å². The summed E-state index contributed by atoms with van der Waals surface area (Å²) in [6, 6.07) is 11.1. The van der Waals surface area contributed by atoms with E-state index in [2.05, 4.69) is 10.3 Å². The zero-order chi connectivity index (χ0) is 19.7. The smallest absolute Gasteiger partial charge is 0.253 e. The first kappa shape index (κ1) is 18.8. The highest BCUT2D eigenvalue weighted by Crippen LogP contribution is 2.28. The Bertz CT molecular complexity index is 1040. The van der Waals surface area contributed by atoms with Crippen molar-refractivity contribution in [3.63, 3.8) is 0 Å². The van der Waals surface area contributed by atoms with E-state index >= 15 is 0 Å². The number of aromatic nitrogens is 1. The van der Waals surface area contributed by atoms with Gasteiger partial charge in [-0.15, -0.1) is 0 Å². The van der Waals surface area contributed by atoms with Crippen LogP contribution in [0.15, 0.2) is 42.5 Å². The van der Waals surface area contributed by atoms with Crippen LogP contribution in [-0.2, 0) is 4.79 Å². The molecule has 2 heterocycles. The fraction of sp³-hybridized carbons (Fsp3) is 0.250. The highest BCUT2D eigenvalue weighted by molar-refractivity contribution is 7.22. The molecule has 1 aromatic heterocycles. The molecule has 0 unspecified atom stereocenters. The van der Waals surface area contributed by atoms with Gasteiger partial charge >= 0.3 is 0 Å². The van der Waals surface area contributed by atoms with Crippen LogP contribution < -0.4 is 5.32 Å². The van der Waals surface area contributed by atoms with Crippen molar-refractivity contribution < 1.29 is 14.0 Å². The zero-order valence-electron chi connectivity index (χ0n) is 14.8. The first-order valence-electron chi connectivity index (χ1n) is 8.91. The maximum absolute atomic E-state index is 13.3. The van der Waals surface area contributed by atoms with Gasteiger partial charge in [0.25, 0.3) is 5.91 Å². The lowest BCUT2D eigenvalue weighted by Crippen LogP contribution is -2.43. The molecule has 1 fully saturated rings. The second kappa shape index (κ2) is 7.85. The molecule has 3 aromatic rings. The molecule has 0 radical (unpaired) electrons. The SMILES string of the molecule is O=C(Nc1nc2ccc(F)cc2s1)[C@H]1CCCN(C(=O)c2ccc(Cl)cc2)C1. The van der Waals surface area contributed by atoms with Crippen LogP contribution >= 0.6 is 22.9 Å². The third-order valence-corrected chi connectivity index (χ3v) is 5.94. The van der Waals surface area contributed by atoms with E-state index < -0.39 is 0 Å². The van der Waals surface area contributed by atoms with Crippen molar-refractivity contribution in [2.75, 3.05) is 18.4 Å². The Hall–Kier alpha value is -2.51. The molecule has 0 bridgehead atoms. The molecule has 8 heteroatoms. The van der Waals surface area contributed by atoms with E-state index in [1.807, 2.05) is 0 Å². The van der Waals surface area contributed by atoms with Crippen molar-refractivity contribution >= 4 is 50.1 Å². The zero-order valence-corrected chi connectivity index (χ0v) is 16.4. The largest absolute Gasteiger partial charge is 0.338 e. The standard InChI is InChI=1S/C20H17ClFN3O2S/c21-14-5-3-12(4-6-14)19(27)25-9-1-2-13(11-25)18(26)24-20-23-16-8-7-15(22)10-17(16)28-20/h3-8,10,13H,1-2,9,11H2,(H,23,24,26)/t13-/m0/s1. The van der Waals surface area contributed by atoms with Crippen molar-refractivity contribution in [1.29, 1.82) is 0 Å². The Kier molecular flexibility index (Phi) is 5.28. The Morgan fingerprint density at radius 1 is 1.21 bits per heavy atom.